The summed E-state index contributed by atoms with van der Waals surface area (Å²) in [5, 5.41) is 3.61. The van der Waals surface area contributed by atoms with E-state index in [1.165, 1.54) is 24.1 Å². The maximum atomic E-state index is 3.61. The van der Waals surface area contributed by atoms with Gasteiger partial charge in [0.25, 0.3) is 0 Å². The molecule has 0 aliphatic heterocycles. The predicted molar refractivity (Wildman–Crippen MR) is 85.9 cm³/mol. The van der Waals surface area contributed by atoms with Gasteiger partial charge in [-0.05, 0) is 50.4 Å². The maximum Gasteiger partial charge on any atom is 0.0366 e. The van der Waals surface area contributed by atoms with Gasteiger partial charge in [-0.2, -0.15) is 0 Å². The lowest BCUT2D eigenvalue weighted by atomic mass is 10.0. The van der Waals surface area contributed by atoms with Crippen LogP contribution in [-0.2, 0) is 0 Å². The van der Waals surface area contributed by atoms with Gasteiger partial charge in [0.1, 0.15) is 0 Å². The van der Waals surface area contributed by atoms with Crippen LogP contribution in [0.5, 0.6) is 0 Å². The Bertz CT molecular complexity index is 332. The van der Waals surface area contributed by atoms with Gasteiger partial charge in [-0.15, -0.1) is 0 Å². The fourth-order valence-corrected chi connectivity index (χ4v) is 2.47. The summed E-state index contributed by atoms with van der Waals surface area (Å²) in [6, 6.07) is 9.60. The van der Waals surface area contributed by atoms with Gasteiger partial charge in [0.2, 0.25) is 0 Å². The maximum absolute atomic E-state index is 3.61. The smallest absolute Gasteiger partial charge is 0.0366 e. The summed E-state index contributed by atoms with van der Waals surface area (Å²) < 4.78 is 0. The number of hydrogen-bond donors (Lipinski definition) is 1. The molecule has 1 unspecified atom stereocenters. The molecule has 1 N–H and O–H groups in total. The van der Waals surface area contributed by atoms with Crippen molar-refractivity contribution in [3.05, 3.63) is 29.8 Å². The van der Waals surface area contributed by atoms with E-state index in [1.54, 1.807) is 0 Å². The molecule has 2 nitrogen and oxygen atoms in total. The van der Waals surface area contributed by atoms with Crippen LogP contribution in [0.3, 0.4) is 0 Å². The molecule has 0 aliphatic rings. The van der Waals surface area contributed by atoms with Crippen LogP contribution in [-0.4, -0.2) is 19.6 Å². The summed E-state index contributed by atoms with van der Waals surface area (Å²) in [4.78, 5) is 2.43. The highest BCUT2D eigenvalue weighted by molar-refractivity contribution is 5.47. The minimum Gasteiger partial charge on any atom is -0.372 e. The van der Waals surface area contributed by atoms with E-state index in [1.807, 2.05) is 0 Å². The molecular formula is C17H30N2. The molecule has 0 aliphatic carbocycles. The second-order valence-electron chi connectivity index (χ2n) is 5.09. The molecule has 0 radical (unpaired) electrons. The fraction of sp³-hybridized carbons (Fsp3) is 0.647. The van der Waals surface area contributed by atoms with Crippen LogP contribution in [0.4, 0.5) is 5.69 Å². The van der Waals surface area contributed by atoms with Gasteiger partial charge in [0.15, 0.2) is 0 Å². The van der Waals surface area contributed by atoms with Crippen LogP contribution in [0.1, 0.15) is 58.6 Å². The topological polar surface area (TPSA) is 15.3 Å². The van der Waals surface area contributed by atoms with Gasteiger partial charge < -0.3 is 10.2 Å². The Kier molecular flexibility index (Phi) is 7.57. The number of rotatable bonds is 9. The van der Waals surface area contributed by atoms with Gasteiger partial charge in [-0.25, -0.2) is 0 Å². The van der Waals surface area contributed by atoms with Crippen molar-refractivity contribution >= 4 is 5.69 Å². The minimum absolute atomic E-state index is 0.496. The third-order valence-corrected chi connectivity index (χ3v) is 3.58. The Morgan fingerprint density at radius 2 is 1.68 bits per heavy atom. The van der Waals surface area contributed by atoms with E-state index in [2.05, 4.69) is 62.2 Å². The van der Waals surface area contributed by atoms with Crippen molar-refractivity contribution in [3.63, 3.8) is 0 Å². The van der Waals surface area contributed by atoms with Gasteiger partial charge in [0.05, 0.1) is 0 Å². The largest absolute Gasteiger partial charge is 0.372 e. The molecular weight excluding hydrogens is 232 g/mol. The average Bonchev–Trinajstić information content (AvgIpc) is 2.46. The van der Waals surface area contributed by atoms with Crippen LogP contribution >= 0.6 is 0 Å². The molecule has 2 heteroatoms. The highest BCUT2D eigenvalue weighted by Gasteiger charge is 2.09. The van der Waals surface area contributed by atoms with Crippen molar-refractivity contribution in [1.29, 1.82) is 0 Å². The second-order valence-corrected chi connectivity index (χ2v) is 5.09. The summed E-state index contributed by atoms with van der Waals surface area (Å²) >= 11 is 0. The molecule has 0 saturated heterocycles. The van der Waals surface area contributed by atoms with E-state index in [9.17, 15) is 0 Å². The van der Waals surface area contributed by atoms with Crippen molar-refractivity contribution in [2.75, 3.05) is 24.5 Å². The van der Waals surface area contributed by atoms with Crippen molar-refractivity contribution < 1.29 is 0 Å². The molecule has 0 saturated carbocycles. The SMILES string of the molecule is CCCNC(CC)c1ccc(N(CC)CCC)cc1. The fourth-order valence-electron chi connectivity index (χ4n) is 2.47. The van der Waals surface area contributed by atoms with Gasteiger partial charge in [0, 0.05) is 24.8 Å². The van der Waals surface area contributed by atoms with E-state index in [-0.39, 0.29) is 0 Å². The van der Waals surface area contributed by atoms with Crippen LogP contribution < -0.4 is 10.2 Å². The zero-order valence-corrected chi connectivity index (χ0v) is 13.1. The summed E-state index contributed by atoms with van der Waals surface area (Å²) in [5.74, 6) is 0. The lowest BCUT2D eigenvalue weighted by Gasteiger charge is -2.24. The first-order chi connectivity index (χ1) is 9.26. The van der Waals surface area contributed by atoms with E-state index >= 15 is 0 Å². The first kappa shape index (κ1) is 16.0. The Morgan fingerprint density at radius 3 is 2.16 bits per heavy atom. The van der Waals surface area contributed by atoms with Crippen molar-refractivity contribution in [1.82, 2.24) is 5.32 Å². The van der Waals surface area contributed by atoms with Gasteiger partial charge >= 0.3 is 0 Å². The zero-order chi connectivity index (χ0) is 14.1. The monoisotopic (exact) mass is 262 g/mol. The van der Waals surface area contributed by atoms with Gasteiger partial charge in [-0.3, -0.25) is 0 Å². The number of nitrogens with one attached hydrogen (secondary N) is 1. The molecule has 19 heavy (non-hydrogen) atoms. The zero-order valence-electron chi connectivity index (χ0n) is 13.1. The third kappa shape index (κ3) is 4.87. The van der Waals surface area contributed by atoms with E-state index in [0.29, 0.717) is 6.04 Å². The molecule has 1 atom stereocenters. The Morgan fingerprint density at radius 1 is 1.00 bits per heavy atom. The quantitative estimate of drug-likeness (QED) is 0.710. The van der Waals surface area contributed by atoms with Crippen LogP contribution in [0.25, 0.3) is 0 Å². The summed E-state index contributed by atoms with van der Waals surface area (Å²) in [5.41, 5.74) is 2.76. The summed E-state index contributed by atoms with van der Waals surface area (Å²) in [7, 11) is 0. The summed E-state index contributed by atoms with van der Waals surface area (Å²) in [6.45, 7) is 12.2. The highest BCUT2D eigenvalue weighted by atomic mass is 15.1. The van der Waals surface area contributed by atoms with E-state index < -0.39 is 0 Å². The molecule has 0 amide bonds. The highest BCUT2D eigenvalue weighted by Crippen LogP contribution is 2.21. The molecule has 108 valence electrons. The first-order valence-corrected chi connectivity index (χ1v) is 7.85. The second kappa shape index (κ2) is 8.98. The molecule has 0 fully saturated rings. The Labute approximate surface area is 119 Å². The molecule has 0 bridgehead atoms. The average molecular weight is 262 g/mol. The lowest BCUT2D eigenvalue weighted by Crippen LogP contribution is -2.24. The number of nitrogens with zero attached hydrogens (tertiary/aromatic N) is 1. The van der Waals surface area contributed by atoms with Crippen LogP contribution in [0, 0.1) is 0 Å². The normalized spacial score (nSPS) is 12.4. The summed E-state index contributed by atoms with van der Waals surface area (Å²) in [6.07, 6.45) is 3.53. The molecule has 1 aromatic carbocycles. The first-order valence-electron chi connectivity index (χ1n) is 7.85. The number of anilines is 1. The molecule has 0 spiro atoms. The van der Waals surface area contributed by atoms with Crippen LogP contribution in [0.15, 0.2) is 24.3 Å². The number of benzene rings is 1. The molecule has 1 aromatic rings. The molecule has 0 heterocycles. The van der Waals surface area contributed by atoms with Crippen molar-refractivity contribution in [2.45, 2.75) is 53.0 Å². The lowest BCUT2D eigenvalue weighted by molar-refractivity contribution is 0.518. The van der Waals surface area contributed by atoms with Crippen molar-refractivity contribution in [2.24, 2.45) is 0 Å². The Balaban J connectivity index is 2.73. The Hall–Kier alpha value is -1.02. The minimum atomic E-state index is 0.496. The van der Waals surface area contributed by atoms with Gasteiger partial charge in [-0.1, -0.05) is 32.9 Å². The molecule has 0 aromatic heterocycles. The predicted octanol–water partition coefficient (Wildman–Crippen LogP) is 4.37. The number of hydrogen-bond acceptors (Lipinski definition) is 2. The third-order valence-electron chi connectivity index (χ3n) is 3.58. The van der Waals surface area contributed by atoms with E-state index in [4.69, 9.17) is 0 Å². The van der Waals surface area contributed by atoms with Crippen molar-refractivity contribution in [3.8, 4) is 0 Å². The molecule has 1 rings (SSSR count). The van der Waals surface area contributed by atoms with E-state index in [0.717, 1.165) is 26.1 Å². The standard InChI is InChI=1S/C17H30N2/c1-5-13-18-17(7-3)15-9-11-16(12-10-15)19(8-4)14-6-2/h9-12,17-18H,5-8,13-14H2,1-4H3. The van der Waals surface area contributed by atoms with Crippen LogP contribution in [0.2, 0.25) is 0 Å².